The minimum Gasteiger partial charge on any atom is -0.371 e. The topological polar surface area (TPSA) is 29.3 Å². The molecule has 17 heavy (non-hydrogen) atoms. The van der Waals surface area contributed by atoms with Crippen LogP contribution in [0.25, 0.3) is 0 Å². The van der Waals surface area contributed by atoms with Crippen molar-refractivity contribution >= 4 is 5.69 Å². The Balaban J connectivity index is 1.91. The van der Waals surface area contributed by atoms with Gasteiger partial charge >= 0.3 is 0 Å². The average Bonchev–Trinajstić information content (AvgIpc) is 2.67. The first-order chi connectivity index (χ1) is 8.05. The van der Waals surface area contributed by atoms with Crippen LogP contribution in [0.4, 0.5) is 5.69 Å². The third-order valence-corrected chi connectivity index (χ3v) is 4.75. The number of rotatable bonds is 2. The van der Waals surface area contributed by atoms with Crippen molar-refractivity contribution in [2.24, 2.45) is 11.1 Å². The number of nitrogens with two attached hydrogens (primary N) is 1. The van der Waals surface area contributed by atoms with Crippen molar-refractivity contribution in [3.8, 4) is 0 Å². The van der Waals surface area contributed by atoms with Crippen LogP contribution in [0.15, 0.2) is 18.2 Å². The molecule has 0 aromatic heterocycles. The molecule has 1 saturated carbocycles. The van der Waals surface area contributed by atoms with Crippen LogP contribution in [0.5, 0.6) is 0 Å². The molecule has 0 saturated heterocycles. The molecule has 0 spiro atoms. The highest BCUT2D eigenvalue weighted by atomic mass is 15.1. The number of anilines is 1. The van der Waals surface area contributed by atoms with E-state index in [1.807, 2.05) is 0 Å². The van der Waals surface area contributed by atoms with Crippen LogP contribution in [0.3, 0.4) is 0 Å². The maximum atomic E-state index is 6.16. The van der Waals surface area contributed by atoms with Gasteiger partial charge in [-0.3, -0.25) is 0 Å². The lowest BCUT2D eigenvalue weighted by Crippen LogP contribution is -2.18. The maximum absolute atomic E-state index is 6.16. The second-order valence-electron chi connectivity index (χ2n) is 6.04. The third-order valence-electron chi connectivity index (χ3n) is 4.75. The number of likely N-dealkylation sites (N-methyl/N-ethyl adjacent to an activating group) is 1. The lowest BCUT2D eigenvalue weighted by atomic mass is 10.00. The summed E-state index contributed by atoms with van der Waals surface area (Å²) >= 11 is 0. The standard InChI is InChI=1S/C15H22N2/c1-4-17-8-7-10-9-11(5-6-12(10)17)13-14(16)15(13,2)3/h5-6,9,13-14H,4,7-8,16H2,1-3H3/t13-,14-/m1/s1. The Bertz CT molecular complexity index is 450. The van der Waals surface area contributed by atoms with Crippen molar-refractivity contribution in [1.82, 2.24) is 0 Å². The van der Waals surface area contributed by atoms with Crippen molar-refractivity contribution in [1.29, 1.82) is 0 Å². The van der Waals surface area contributed by atoms with Crippen LogP contribution in [-0.2, 0) is 6.42 Å². The van der Waals surface area contributed by atoms with Gasteiger partial charge in [-0.25, -0.2) is 0 Å². The summed E-state index contributed by atoms with van der Waals surface area (Å²) < 4.78 is 0. The highest BCUT2D eigenvalue weighted by Crippen LogP contribution is 2.57. The first-order valence-electron chi connectivity index (χ1n) is 6.69. The molecule has 1 aromatic carbocycles. The van der Waals surface area contributed by atoms with Gasteiger partial charge in [0.25, 0.3) is 0 Å². The summed E-state index contributed by atoms with van der Waals surface area (Å²) in [7, 11) is 0. The van der Waals surface area contributed by atoms with E-state index in [4.69, 9.17) is 5.73 Å². The number of hydrogen-bond acceptors (Lipinski definition) is 2. The Morgan fingerprint density at radius 2 is 2.12 bits per heavy atom. The molecule has 1 aliphatic heterocycles. The summed E-state index contributed by atoms with van der Waals surface area (Å²) in [5.74, 6) is 0.559. The first kappa shape index (κ1) is 11.1. The molecule has 0 amide bonds. The Labute approximate surface area is 104 Å². The molecule has 2 heteroatoms. The fourth-order valence-electron chi connectivity index (χ4n) is 3.33. The quantitative estimate of drug-likeness (QED) is 0.846. The van der Waals surface area contributed by atoms with Gasteiger partial charge in [0.1, 0.15) is 0 Å². The van der Waals surface area contributed by atoms with Crippen molar-refractivity contribution in [2.75, 3.05) is 18.0 Å². The zero-order chi connectivity index (χ0) is 12.2. The molecule has 92 valence electrons. The molecule has 0 unspecified atom stereocenters. The second kappa shape index (κ2) is 3.49. The van der Waals surface area contributed by atoms with Gasteiger partial charge < -0.3 is 10.6 Å². The van der Waals surface area contributed by atoms with Crippen LogP contribution in [0.1, 0.15) is 37.8 Å². The SMILES string of the molecule is CCN1CCc2cc([C@@H]3[C@@H](N)C3(C)C)ccc21. The van der Waals surface area contributed by atoms with Crippen molar-refractivity contribution in [2.45, 2.75) is 39.2 Å². The number of benzene rings is 1. The third kappa shape index (κ3) is 1.50. The van der Waals surface area contributed by atoms with Gasteiger partial charge in [-0.05, 0) is 36.0 Å². The van der Waals surface area contributed by atoms with E-state index in [1.165, 1.54) is 29.8 Å². The molecule has 1 heterocycles. The normalized spacial score (nSPS) is 29.3. The minimum absolute atomic E-state index is 0.289. The molecule has 0 radical (unpaired) electrons. The Morgan fingerprint density at radius 1 is 1.41 bits per heavy atom. The highest BCUT2D eigenvalue weighted by Gasteiger charge is 2.56. The molecule has 1 fully saturated rings. The fraction of sp³-hybridized carbons (Fsp3) is 0.600. The molecule has 2 nitrogen and oxygen atoms in total. The van der Waals surface area contributed by atoms with Crippen LogP contribution in [0.2, 0.25) is 0 Å². The van der Waals surface area contributed by atoms with Gasteiger partial charge in [0.15, 0.2) is 0 Å². The smallest absolute Gasteiger partial charge is 0.0399 e. The zero-order valence-corrected chi connectivity index (χ0v) is 11.0. The average molecular weight is 230 g/mol. The fourth-order valence-corrected chi connectivity index (χ4v) is 3.33. The second-order valence-corrected chi connectivity index (χ2v) is 6.04. The monoisotopic (exact) mass is 230 g/mol. The van der Waals surface area contributed by atoms with E-state index in [0.717, 1.165) is 6.54 Å². The highest BCUT2D eigenvalue weighted by molar-refractivity contribution is 5.60. The molecular weight excluding hydrogens is 208 g/mol. The summed E-state index contributed by atoms with van der Waals surface area (Å²) in [6.07, 6.45) is 1.19. The van der Waals surface area contributed by atoms with Crippen LogP contribution >= 0.6 is 0 Å². The number of hydrogen-bond donors (Lipinski definition) is 1. The first-order valence-corrected chi connectivity index (χ1v) is 6.69. The summed E-state index contributed by atoms with van der Waals surface area (Å²) in [6.45, 7) is 9.06. The predicted molar refractivity (Wildman–Crippen MR) is 72.5 cm³/mol. The van der Waals surface area contributed by atoms with Crippen LogP contribution in [-0.4, -0.2) is 19.1 Å². The molecule has 2 aliphatic rings. The van der Waals surface area contributed by atoms with E-state index in [0.29, 0.717) is 12.0 Å². The predicted octanol–water partition coefficient (Wildman–Crippen LogP) is 2.52. The van der Waals surface area contributed by atoms with Crippen molar-refractivity contribution < 1.29 is 0 Å². The Morgan fingerprint density at radius 3 is 2.71 bits per heavy atom. The van der Waals surface area contributed by atoms with Crippen LogP contribution < -0.4 is 10.6 Å². The minimum atomic E-state index is 0.289. The van der Waals surface area contributed by atoms with Crippen molar-refractivity contribution in [3.05, 3.63) is 29.3 Å². The molecule has 1 aliphatic carbocycles. The lowest BCUT2D eigenvalue weighted by Gasteiger charge is -2.16. The van der Waals surface area contributed by atoms with E-state index in [9.17, 15) is 0 Å². The van der Waals surface area contributed by atoms with Gasteiger partial charge in [-0.2, -0.15) is 0 Å². The summed E-state index contributed by atoms with van der Waals surface area (Å²) in [5, 5.41) is 0. The molecule has 3 rings (SSSR count). The number of fused-ring (bicyclic) bond motifs is 1. The van der Waals surface area contributed by atoms with Gasteiger partial charge in [0, 0.05) is 30.7 Å². The van der Waals surface area contributed by atoms with E-state index < -0.39 is 0 Å². The summed E-state index contributed by atoms with van der Waals surface area (Å²) in [5.41, 5.74) is 10.8. The Hall–Kier alpha value is -1.02. The molecule has 1 aromatic rings. The molecular formula is C15H22N2. The summed E-state index contributed by atoms with van der Waals surface area (Å²) in [6, 6.07) is 7.31. The van der Waals surface area contributed by atoms with Crippen molar-refractivity contribution in [3.63, 3.8) is 0 Å². The van der Waals surface area contributed by atoms with E-state index >= 15 is 0 Å². The largest absolute Gasteiger partial charge is 0.371 e. The molecule has 2 atom stereocenters. The summed E-state index contributed by atoms with van der Waals surface area (Å²) in [4.78, 5) is 2.46. The lowest BCUT2D eigenvalue weighted by molar-refractivity contribution is 0.599. The van der Waals surface area contributed by atoms with Gasteiger partial charge in [0.05, 0.1) is 0 Å². The van der Waals surface area contributed by atoms with Crippen LogP contribution in [0, 0.1) is 5.41 Å². The van der Waals surface area contributed by atoms with E-state index in [2.05, 4.69) is 43.9 Å². The van der Waals surface area contributed by atoms with Gasteiger partial charge in [0.2, 0.25) is 0 Å². The zero-order valence-electron chi connectivity index (χ0n) is 11.0. The van der Waals surface area contributed by atoms with E-state index in [1.54, 1.807) is 0 Å². The van der Waals surface area contributed by atoms with E-state index in [-0.39, 0.29) is 5.41 Å². The van der Waals surface area contributed by atoms with Gasteiger partial charge in [-0.15, -0.1) is 0 Å². The van der Waals surface area contributed by atoms with Gasteiger partial charge in [-0.1, -0.05) is 26.0 Å². The molecule has 2 N–H and O–H groups in total. The maximum Gasteiger partial charge on any atom is 0.0399 e. The molecule has 0 bridgehead atoms. The Kier molecular flexibility index (Phi) is 2.27. The number of nitrogens with zero attached hydrogens (tertiary/aromatic N) is 1.